The molecule has 24 heavy (non-hydrogen) atoms. The summed E-state index contributed by atoms with van der Waals surface area (Å²) in [6, 6.07) is 15.4. The molecule has 0 saturated heterocycles. The number of rotatable bonds is 6. The average Bonchev–Trinajstić information content (AvgIpc) is 2.61. The molecule has 128 valence electrons. The Morgan fingerprint density at radius 2 is 1.83 bits per heavy atom. The zero-order valence-electron chi connectivity index (χ0n) is 13.8. The third kappa shape index (κ3) is 3.45. The molecule has 1 heterocycles. The summed E-state index contributed by atoms with van der Waals surface area (Å²) < 4.78 is 11.2. The first-order chi connectivity index (χ1) is 11.6. The van der Waals surface area contributed by atoms with E-state index in [4.69, 9.17) is 9.26 Å². The Labute approximate surface area is 142 Å². The van der Waals surface area contributed by atoms with Gasteiger partial charge in [0.1, 0.15) is 0 Å². The molecule has 0 spiro atoms. The van der Waals surface area contributed by atoms with Gasteiger partial charge in [-0.3, -0.25) is 0 Å². The molecule has 0 saturated carbocycles. The van der Waals surface area contributed by atoms with Crippen LogP contribution in [0.4, 0.5) is 0 Å². The van der Waals surface area contributed by atoms with Crippen molar-refractivity contribution in [3.8, 4) is 16.9 Å². The molecule has 0 aliphatic carbocycles. The third-order valence-corrected chi connectivity index (χ3v) is 7.00. The van der Waals surface area contributed by atoms with Crippen LogP contribution < -0.4 is 9.83 Å². The second-order valence-corrected chi connectivity index (χ2v) is 8.81. The fourth-order valence-electron chi connectivity index (χ4n) is 2.93. The zero-order valence-corrected chi connectivity index (χ0v) is 14.8. The van der Waals surface area contributed by atoms with Crippen LogP contribution >= 0.6 is 7.72 Å². The molecule has 1 aliphatic heterocycles. The van der Waals surface area contributed by atoms with Crippen LogP contribution in [0.2, 0.25) is 0 Å². The van der Waals surface area contributed by atoms with Gasteiger partial charge in [0.2, 0.25) is 0 Å². The minimum absolute atomic E-state index is 0.170. The molecule has 0 fully saturated rings. The van der Waals surface area contributed by atoms with Crippen molar-refractivity contribution in [3.63, 3.8) is 0 Å². The van der Waals surface area contributed by atoms with Gasteiger partial charge in [-0.05, 0) is 0 Å². The Hall–Kier alpha value is -1.90. The first-order valence-corrected chi connectivity index (χ1v) is 10.5. The molecule has 0 atom stereocenters. The van der Waals surface area contributed by atoms with Gasteiger partial charge < -0.3 is 0 Å². The van der Waals surface area contributed by atoms with Gasteiger partial charge in [-0.1, -0.05) is 0 Å². The summed E-state index contributed by atoms with van der Waals surface area (Å²) in [5.41, 5.74) is 1.98. The number of unbranched alkanes of at least 4 members (excludes halogenated alkanes) is 1. The van der Waals surface area contributed by atoms with Crippen LogP contribution in [0, 0.1) is 0 Å². The molecule has 0 radical (unpaired) electrons. The van der Waals surface area contributed by atoms with E-state index < -0.39 is 7.72 Å². The summed E-state index contributed by atoms with van der Waals surface area (Å²) in [6.45, 7) is 2.49. The summed E-state index contributed by atoms with van der Waals surface area (Å²) >= 11 is 0. The molecule has 4 nitrogen and oxygen atoms in total. The van der Waals surface area contributed by atoms with Gasteiger partial charge in [-0.2, -0.15) is 0 Å². The second-order valence-electron chi connectivity index (χ2n) is 6.00. The predicted octanol–water partition coefficient (Wildman–Crippen LogP) is 3.68. The van der Waals surface area contributed by atoms with Crippen molar-refractivity contribution < 1.29 is 18.9 Å². The zero-order chi connectivity index (χ0) is 17.0. The van der Waals surface area contributed by atoms with E-state index in [1.54, 1.807) is 0 Å². The number of fused-ring (bicyclic) bond motifs is 3. The SMILES string of the molecule is CCCCOC(=O)CC[PH]1(O)Oc2ccccc2-c2ccccc21. The van der Waals surface area contributed by atoms with Crippen LogP contribution in [0.25, 0.3) is 11.1 Å². The molecular formula is C19H23O4P. The molecule has 1 N–H and O–H groups in total. The molecule has 0 unspecified atom stereocenters. The van der Waals surface area contributed by atoms with Crippen molar-refractivity contribution in [1.29, 1.82) is 0 Å². The fourth-order valence-corrected chi connectivity index (χ4v) is 5.50. The number of carbonyl (C=O) groups is 1. The average molecular weight is 346 g/mol. The van der Waals surface area contributed by atoms with E-state index in [1.807, 2.05) is 55.5 Å². The Kier molecular flexibility index (Phi) is 5.17. The molecule has 2 aromatic rings. The van der Waals surface area contributed by atoms with Gasteiger partial charge in [0.15, 0.2) is 0 Å². The Morgan fingerprint density at radius 1 is 1.12 bits per heavy atom. The molecule has 0 aromatic heterocycles. The molecule has 1 aliphatic rings. The van der Waals surface area contributed by atoms with Crippen LogP contribution in [0.15, 0.2) is 48.5 Å². The molecule has 0 amide bonds. The second kappa shape index (κ2) is 7.33. The normalized spacial score (nSPS) is 15.6. The van der Waals surface area contributed by atoms with E-state index in [-0.39, 0.29) is 12.4 Å². The Balaban J connectivity index is 1.79. The maximum absolute atomic E-state index is 11.9. The monoisotopic (exact) mass is 346 g/mol. The summed E-state index contributed by atoms with van der Waals surface area (Å²) in [7, 11) is -3.22. The molecular weight excluding hydrogens is 323 g/mol. The van der Waals surface area contributed by atoms with Crippen molar-refractivity contribution in [2.75, 3.05) is 12.8 Å². The van der Waals surface area contributed by atoms with E-state index >= 15 is 0 Å². The van der Waals surface area contributed by atoms with Crippen molar-refractivity contribution in [1.82, 2.24) is 0 Å². The standard InChI is InChI=1S/C19H23O4P/c1-2-3-13-22-19(20)12-14-24(21)18-11-7-5-9-16(18)15-8-4-6-10-17(15)23-24/h4-11,21,24H,2-3,12-14H2,1H3. The van der Waals surface area contributed by atoms with Crippen LogP contribution in [0.1, 0.15) is 26.2 Å². The summed E-state index contributed by atoms with van der Waals surface area (Å²) in [6.07, 6.45) is 2.31. The third-order valence-electron chi connectivity index (χ3n) is 4.23. The first kappa shape index (κ1) is 16.9. The molecule has 3 rings (SSSR count). The first-order valence-electron chi connectivity index (χ1n) is 8.40. The van der Waals surface area contributed by atoms with Crippen molar-refractivity contribution in [3.05, 3.63) is 48.5 Å². The fraction of sp³-hybridized carbons (Fsp3) is 0.316. The minimum atomic E-state index is -3.22. The van der Waals surface area contributed by atoms with E-state index in [9.17, 15) is 9.69 Å². The molecule has 0 bridgehead atoms. The van der Waals surface area contributed by atoms with Gasteiger partial charge in [0.25, 0.3) is 0 Å². The van der Waals surface area contributed by atoms with Crippen LogP contribution in [0.5, 0.6) is 5.75 Å². The van der Waals surface area contributed by atoms with Crippen molar-refractivity contribution in [2.24, 2.45) is 0 Å². The van der Waals surface area contributed by atoms with Gasteiger partial charge >= 0.3 is 142 Å². The van der Waals surface area contributed by atoms with Crippen molar-refractivity contribution in [2.45, 2.75) is 26.2 Å². The van der Waals surface area contributed by atoms with Gasteiger partial charge in [0, 0.05) is 0 Å². The quantitative estimate of drug-likeness (QED) is 0.492. The van der Waals surface area contributed by atoms with Gasteiger partial charge in [-0.15, -0.1) is 0 Å². The molecule has 5 heteroatoms. The summed E-state index contributed by atoms with van der Waals surface area (Å²) in [4.78, 5) is 23.1. The Bertz CT molecular complexity index is 731. The summed E-state index contributed by atoms with van der Waals surface area (Å²) in [5, 5.41) is 0.824. The predicted molar refractivity (Wildman–Crippen MR) is 98.0 cm³/mol. The molecule has 2 aromatic carbocycles. The van der Waals surface area contributed by atoms with Crippen molar-refractivity contribution >= 4 is 19.0 Å². The van der Waals surface area contributed by atoms with Crippen LogP contribution in [-0.4, -0.2) is 23.6 Å². The number of benzene rings is 2. The van der Waals surface area contributed by atoms with E-state index in [0.29, 0.717) is 18.5 Å². The number of ether oxygens (including phenoxy) is 1. The van der Waals surface area contributed by atoms with Gasteiger partial charge in [-0.25, -0.2) is 0 Å². The topological polar surface area (TPSA) is 55.8 Å². The van der Waals surface area contributed by atoms with E-state index in [0.717, 1.165) is 29.3 Å². The van der Waals surface area contributed by atoms with Crippen LogP contribution in [-0.2, 0) is 9.53 Å². The van der Waals surface area contributed by atoms with Crippen LogP contribution in [0.3, 0.4) is 0 Å². The maximum atomic E-state index is 11.9. The number of hydrogen-bond donors (Lipinski definition) is 1. The van der Waals surface area contributed by atoms with E-state index in [1.165, 1.54) is 0 Å². The number of esters is 1. The number of hydrogen-bond acceptors (Lipinski definition) is 4. The van der Waals surface area contributed by atoms with E-state index in [2.05, 4.69) is 0 Å². The van der Waals surface area contributed by atoms with Gasteiger partial charge in [0.05, 0.1) is 0 Å². The number of carbonyl (C=O) groups excluding carboxylic acids is 1. The Morgan fingerprint density at radius 3 is 2.62 bits per heavy atom. The summed E-state index contributed by atoms with van der Waals surface area (Å²) in [5.74, 6) is 0.411. The number of para-hydroxylation sites is 1.